The second kappa shape index (κ2) is 5.27. The Morgan fingerprint density at radius 2 is 2.21 bits per heavy atom. The summed E-state index contributed by atoms with van der Waals surface area (Å²) >= 11 is 3.25. The van der Waals surface area contributed by atoms with Gasteiger partial charge in [0.25, 0.3) is 0 Å². The summed E-state index contributed by atoms with van der Waals surface area (Å²) in [5.74, 6) is 0.436. The van der Waals surface area contributed by atoms with Crippen molar-refractivity contribution in [2.75, 3.05) is 5.73 Å². The van der Waals surface area contributed by atoms with Crippen molar-refractivity contribution in [3.63, 3.8) is 0 Å². The monoisotopic (exact) mass is 345 g/mol. The third kappa shape index (κ3) is 3.11. The number of hydrogen-bond donors (Lipinski definition) is 3. The molecule has 0 saturated heterocycles. The van der Waals surface area contributed by atoms with Gasteiger partial charge in [-0.15, -0.1) is 0 Å². The van der Waals surface area contributed by atoms with Crippen LogP contribution >= 0.6 is 15.9 Å². The Morgan fingerprint density at radius 1 is 1.47 bits per heavy atom. The molecular formula is C10H12BrN5O2S. The number of rotatable bonds is 4. The van der Waals surface area contributed by atoms with E-state index in [1.54, 1.807) is 13.0 Å². The van der Waals surface area contributed by atoms with E-state index in [4.69, 9.17) is 5.73 Å². The molecule has 1 aromatic carbocycles. The number of H-pyrrole nitrogens is 1. The van der Waals surface area contributed by atoms with Crippen LogP contribution in [0.4, 0.5) is 5.69 Å². The van der Waals surface area contributed by atoms with Crippen LogP contribution in [0.15, 0.2) is 27.8 Å². The van der Waals surface area contributed by atoms with Crippen LogP contribution in [-0.2, 0) is 16.6 Å². The third-order valence-corrected chi connectivity index (χ3v) is 4.71. The summed E-state index contributed by atoms with van der Waals surface area (Å²) in [7, 11) is -3.64. The average Bonchev–Trinajstić information content (AvgIpc) is 2.84. The number of anilines is 1. The lowest BCUT2D eigenvalue weighted by Crippen LogP contribution is -2.24. The molecule has 0 radical (unpaired) electrons. The van der Waals surface area contributed by atoms with E-state index in [2.05, 4.69) is 35.8 Å². The maximum atomic E-state index is 12.2. The topological polar surface area (TPSA) is 114 Å². The van der Waals surface area contributed by atoms with E-state index in [0.717, 1.165) is 0 Å². The molecule has 1 heterocycles. The molecule has 7 nitrogen and oxygen atoms in total. The van der Waals surface area contributed by atoms with E-state index in [0.29, 0.717) is 21.5 Å². The van der Waals surface area contributed by atoms with Crippen molar-refractivity contribution >= 4 is 31.6 Å². The highest BCUT2D eigenvalue weighted by Gasteiger charge is 2.18. The molecule has 0 aliphatic heterocycles. The van der Waals surface area contributed by atoms with E-state index >= 15 is 0 Å². The van der Waals surface area contributed by atoms with Crippen LogP contribution in [0.2, 0.25) is 0 Å². The fourth-order valence-electron chi connectivity index (χ4n) is 1.52. The van der Waals surface area contributed by atoms with E-state index < -0.39 is 10.0 Å². The maximum absolute atomic E-state index is 12.2. The van der Waals surface area contributed by atoms with Crippen LogP contribution in [0.5, 0.6) is 0 Å². The quantitative estimate of drug-likeness (QED) is 0.713. The van der Waals surface area contributed by atoms with Gasteiger partial charge in [-0.2, -0.15) is 5.10 Å². The van der Waals surface area contributed by atoms with Gasteiger partial charge in [-0.1, -0.05) is 0 Å². The second-order valence-corrected chi connectivity index (χ2v) is 6.49. The number of nitrogen functional groups attached to an aromatic ring is 1. The van der Waals surface area contributed by atoms with Gasteiger partial charge in [-0.25, -0.2) is 18.1 Å². The molecule has 1 aromatic heterocycles. The summed E-state index contributed by atoms with van der Waals surface area (Å²) in [4.78, 5) is 3.99. The normalized spacial score (nSPS) is 11.7. The van der Waals surface area contributed by atoms with Crippen LogP contribution < -0.4 is 10.5 Å². The number of nitrogens with zero attached hydrogens (tertiary/aromatic N) is 2. The first kappa shape index (κ1) is 14.0. The Balaban J connectivity index is 2.27. The van der Waals surface area contributed by atoms with Crippen molar-refractivity contribution in [3.05, 3.63) is 34.3 Å². The molecule has 0 spiro atoms. The molecule has 0 fully saturated rings. The van der Waals surface area contributed by atoms with Crippen molar-refractivity contribution in [3.8, 4) is 0 Å². The molecule has 19 heavy (non-hydrogen) atoms. The predicted octanol–water partition coefficient (Wildman–Crippen LogP) is 0.936. The van der Waals surface area contributed by atoms with Crippen molar-refractivity contribution in [1.29, 1.82) is 0 Å². The van der Waals surface area contributed by atoms with E-state index in [9.17, 15) is 8.42 Å². The van der Waals surface area contributed by atoms with Gasteiger partial charge in [0, 0.05) is 10.2 Å². The van der Waals surface area contributed by atoms with E-state index in [1.165, 1.54) is 12.4 Å². The molecule has 2 rings (SSSR count). The number of nitrogens with one attached hydrogen (secondary N) is 2. The number of halogens is 1. The van der Waals surface area contributed by atoms with Gasteiger partial charge in [-0.05, 0) is 40.5 Å². The molecule has 0 aliphatic rings. The standard InChI is InChI=1S/C10H12BrN5O2S/c1-6-2-7(11)8(12)3-9(6)19(17,18)15-4-10-13-5-14-16-10/h2-3,5,15H,4,12H2,1H3,(H,13,14,16). The summed E-state index contributed by atoms with van der Waals surface area (Å²) in [6, 6.07) is 3.08. The fourth-order valence-corrected chi connectivity index (χ4v) is 3.22. The highest BCUT2D eigenvalue weighted by atomic mass is 79.9. The van der Waals surface area contributed by atoms with Crippen LogP contribution in [0, 0.1) is 6.92 Å². The van der Waals surface area contributed by atoms with Gasteiger partial charge in [0.15, 0.2) is 0 Å². The van der Waals surface area contributed by atoms with Crippen LogP contribution in [-0.4, -0.2) is 23.6 Å². The summed E-state index contributed by atoms with van der Waals surface area (Å²) in [5, 5.41) is 6.22. The molecular weight excluding hydrogens is 334 g/mol. The first-order valence-corrected chi connectivity index (χ1v) is 7.57. The number of hydrogen-bond acceptors (Lipinski definition) is 5. The SMILES string of the molecule is Cc1cc(Br)c(N)cc1S(=O)(=O)NCc1ncn[nH]1. The zero-order valence-corrected chi connectivity index (χ0v) is 12.4. The highest BCUT2D eigenvalue weighted by Crippen LogP contribution is 2.26. The second-order valence-electron chi connectivity index (χ2n) is 3.90. The summed E-state index contributed by atoms with van der Waals surface area (Å²) in [5.41, 5.74) is 6.68. The number of aromatic nitrogens is 3. The minimum Gasteiger partial charge on any atom is -0.398 e. The summed E-state index contributed by atoms with van der Waals surface area (Å²) in [6.45, 7) is 1.74. The smallest absolute Gasteiger partial charge is 0.241 e. The minimum absolute atomic E-state index is 0.0394. The largest absolute Gasteiger partial charge is 0.398 e. The van der Waals surface area contributed by atoms with Crippen LogP contribution in [0.1, 0.15) is 11.4 Å². The third-order valence-electron chi connectivity index (χ3n) is 2.48. The van der Waals surface area contributed by atoms with Crippen molar-refractivity contribution in [1.82, 2.24) is 19.9 Å². The number of nitrogens with two attached hydrogens (primary N) is 1. The molecule has 0 atom stereocenters. The zero-order valence-electron chi connectivity index (χ0n) is 10.0. The fraction of sp³-hybridized carbons (Fsp3) is 0.200. The minimum atomic E-state index is -3.64. The first-order valence-electron chi connectivity index (χ1n) is 5.29. The van der Waals surface area contributed by atoms with Crippen LogP contribution in [0.3, 0.4) is 0 Å². The Hall–Kier alpha value is -1.45. The van der Waals surface area contributed by atoms with Crippen LogP contribution in [0.25, 0.3) is 0 Å². The van der Waals surface area contributed by atoms with Crippen molar-refractivity contribution in [2.24, 2.45) is 0 Å². The van der Waals surface area contributed by atoms with Gasteiger partial charge in [0.1, 0.15) is 12.2 Å². The summed E-state index contributed by atoms with van der Waals surface area (Å²) < 4.78 is 27.4. The Morgan fingerprint density at radius 3 is 2.84 bits per heavy atom. The number of benzene rings is 1. The number of aryl methyl sites for hydroxylation is 1. The van der Waals surface area contributed by atoms with Gasteiger partial charge in [0.2, 0.25) is 10.0 Å². The summed E-state index contributed by atoms with van der Waals surface area (Å²) in [6.07, 6.45) is 1.31. The lowest BCUT2D eigenvalue weighted by Gasteiger charge is -2.10. The molecule has 102 valence electrons. The Bertz CT molecular complexity index is 684. The van der Waals surface area contributed by atoms with E-state index in [1.807, 2.05) is 0 Å². The Labute approximate surface area is 118 Å². The van der Waals surface area contributed by atoms with E-state index in [-0.39, 0.29) is 11.4 Å². The van der Waals surface area contributed by atoms with Crippen molar-refractivity contribution < 1.29 is 8.42 Å². The lowest BCUT2D eigenvalue weighted by atomic mass is 10.2. The molecule has 0 bridgehead atoms. The lowest BCUT2D eigenvalue weighted by molar-refractivity contribution is 0.579. The molecule has 0 amide bonds. The molecule has 2 aromatic rings. The molecule has 4 N–H and O–H groups in total. The number of sulfonamides is 1. The highest BCUT2D eigenvalue weighted by molar-refractivity contribution is 9.10. The zero-order chi connectivity index (χ0) is 14.0. The van der Waals surface area contributed by atoms with Gasteiger partial charge >= 0.3 is 0 Å². The predicted molar refractivity (Wildman–Crippen MR) is 73.7 cm³/mol. The molecule has 0 aliphatic carbocycles. The first-order chi connectivity index (χ1) is 8.90. The van der Waals surface area contributed by atoms with Gasteiger partial charge in [-0.3, -0.25) is 5.10 Å². The molecule has 0 unspecified atom stereocenters. The van der Waals surface area contributed by atoms with Gasteiger partial charge < -0.3 is 5.73 Å². The average molecular weight is 346 g/mol. The van der Waals surface area contributed by atoms with Crippen molar-refractivity contribution in [2.45, 2.75) is 18.4 Å². The maximum Gasteiger partial charge on any atom is 0.241 e. The van der Waals surface area contributed by atoms with Gasteiger partial charge in [0.05, 0.1) is 11.4 Å². The molecule has 9 heteroatoms. The Kier molecular flexibility index (Phi) is 3.88. The number of aromatic amines is 1. The molecule has 0 saturated carbocycles.